The Kier molecular flexibility index (Phi) is 3.51. The third kappa shape index (κ3) is 2.41. The maximum atomic E-state index is 12.4. The summed E-state index contributed by atoms with van der Waals surface area (Å²) in [5, 5.41) is 0. The van der Waals surface area contributed by atoms with E-state index in [0.717, 1.165) is 4.31 Å². The van der Waals surface area contributed by atoms with Crippen LogP contribution in [0, 0.1) is 0 Å². The molecule has 0 aliphatic carbocycles. The van der Waals surface area contributed by atoms with Gasteiger partial charge in [-0.1, -0.05) is 30.3 Å². The molecular weight excluding hydrogens is 332 g/mol. The van der Waals surface area contributed by atoms with Crippen LogP contribution < -0.4 is 0 Å². The zero-order valence-corrected chi connectivity index (χ0v) is 13.0. The molecule has 2 heterocycles. The van der Waals surface area contributed by atoms with Gasteiger partial charge in [-0.25, -0.2) is 12.7 Å². The number of sulfonamides is 1. The summed E-state index contributed by atoms with van der Waals surface area (Å²) in [6, 6.07) is 6.68. The fourth-order valence-corrected chi connectivity index (χ4v) is 5.60. The molecule has 0 saturated carbocycles. The molecule has 1 N–H and O–H groups in total. The van der Waals surface area contributed by atoms with Crippen LogP contribution in [-0.4, -0.2) is 54.5 Å². The van der Waals surface area contributed by atoms with E-state index in [2.05, 4.69) is 0 Å². The topological polar surface area (TPSA) is 112 Å². The van der Waals surface area contributed by atoms with Gasteiger partial charge in [0.05, 0.1) is 11.8 Å². The number of hydrogen-bond acceptors (Lipinski definition) is 5. The van der Waals surface area contributed by atoms with Crippen molar-refractivity contribution in [1.29, 1.82) is 0 Å². The minimum atomic E-state index is -4.63. The van der Waals surface area contributed by atoms with Gasteiger partial charge >= 0.3 is 10.3 Å². The predicted molar refractivity (Wildman–Crippen MR) is 76.4 cm³/mol. The molecule has 2 atom stereocenters. The molecule has 8 nitrogen and oxygen atoms in total. The van der Waals surface area contributed by atoms with Crippen LogP contribution in [-0.2, 0) is 30.9 Å². The Hall–Kier alpha value is -1.49. The highest BCUT2D eigenvalue weighted by Crippen LogP contribution is 2.37. The molecule has 120 valence electrons. The van der Waals surface area contributed by atoms with Gasteiger partial charge in [-0.15, -0.1) is 0 Å². The summed E-state index contributed by atoms with van der Waals surface area (Å²) in [7, 11) is -8.37. The number of benzene rings is 1. The summed E-state index contributed by atoms with van der Waals surface area (Å²) in [5.74, 6) is -1.16. The van der Waals surface area contributed by atoms with E-state index in [1.165, 1.54) is 0 Å². The van der Waals surface area contributed by atoms with Crippen molar-refractivity contribution in [1.82, 2.24) is 8.61 Å². The molecule has 0 radical (unpaired) electrons. The molecule has 0 bridgehead atoms. The third-order valence-corrected chi connectivity index (χ3v) is 6.66. The second kappa shape index (κ2) is 5.01. The maximum absolute atomic E-state index is 12.4. The van der Waals surface area contributed by atoms with Crippen molar-refractivity contribution >= 4 is 26.2 Å². The molecule has 0 unspecified atom stereocenters. The molecule has 1 aromatic rings. The predicted octanol–water partition coefficient (Wildman–Crippen LogP) is -0.396. The lowest BCUT2D eigenvalue weighted by Crippen LogP contribution is -2.68. The Morgan fingerprint density at radius 3 is 2.36 bits per heavy atom. The highest BCUT2D eigenvalue weighted by atomic mass is 32.2. The number of β-lactam (4-membered cyclic amide) rings is 1. The first-order valence-corrected chi connectivity index (χ1v) is 9.56. The van der Waals surface area contributed by atoms with E-state index in [-0.39, 0.29) is 18.7 Å². The van der Waals surface area contributed by atoms with Crippen LogP contribution >= 0.6 is 0 Å². The highest BCUT2D eigenvalue weighted by molar-refractivity contribution is 7.88. The number of hydrogen-bond donors (Lipinski definition) is 1. The van der Waals surface area contributed by atoms with Crippen LogP contribution in [0.5, 0.6) is 0 Å². The van der Waals surface area contributed by atoms with Gasteiger partial charge in [0.15, 0.2) is 0 Å². The van der Waals surface area contributed by atoms with E-state index in [1.54, 1.807) is 30.3 Å². The van der Waals surface area contributed by atoms with Crippen LogP contribution in [0.1, 0.15) is 12.0 Å². The molecular formula is C12H14N2O6S2. The first-order valence-electron chi connectivity index (χ1n) is 6.56. The molecule has 0 aromatic heterocycles. The Morgan fingerprint density at radius 1 is 1.14 bits per heavy atom. The number of carbonyl (C=O) groups excluding carboxylic acids is 1. The van der Waals surface area contributed by atoms with E-state index in [4.69, 9.17) is 4.55 Å². The zero-order valence-electron chi connectivity index (χ0n) is 11.4. The summed E-state index contributed by atoms with van der Waals surface area (Å²) >= 11 is 0. The Balaban J connectivity index is 1.82. The van der Waals surface area contributed by atoms with E-state index in [1.807, 2.05) is 0 Å². The van der Waals surface area contributed by atoms with Gasteiger partial charge in [-0.05, 0) is 12.0 Å². The molecule has 2 fully saturated rings. The van der Waals surface area contributed by atoms with Crippen molar-refractivity contribution in [3.8, 4) is 0 Å². The number of rotatable bonds is 4. The van der Waals surface area contributed by atoms with Crippen molar-refractivity contribution in [2.45, 2.75) is 24.3 Å². The van der Waals surface area contributed by atoms with Gasteiger partial charge in [0, 0.05) is 6.54 Å². The molecule has 3 rings (SSSR count). The van der Waals surface area contributed by atoms with Crippen LogP contribution in [0.2, 0.25) is 0 Å². The normalized spacial score (nSPS) is 25.9. The average molecular weight is 346 g/mol. The molecule has 0 spiro atoms. The first-order chi connectivity index (χ1) is 10.2. The first kappa shape index (κ1) is 15.4. The van der Waals surface area contributed by atoms with Gasteiger partial charge in [-0.3, -0.25) is 9.35 Å². The van der Waals surface area contributed by atoms with Crippen molar-refractivity contribution in [2.24, 2.45) is 0 Å². The van der Waals surface area contributed by atoms with Crippen LogP contribution in [0.3, 0.4) is 0 Å². The lowest BCUT2D eigenvalue weighted by molar-refractivity contribution is -0.142. The van der Waals surface area contributed by atoms with Crippen LogP contribution in [0.4, 0.5) is 0 Å². The van der Waals surface area contributed by atoms with Crippen LogP contribution in [0.25, 0.3) is 0 Å². The van der Waals surface area contributed by atoms with Gasteiger partial charge in [-0.2, -0.15) is 12.7 Å². The minimum Gasteiger partial charge on any atom is -0.272 e. The molecule has 2 aliphatic heterocycles. The number of carbonyl (C=O) groups is 1. The largest absolute Gasteiger partial charge is 0.362 e. The fourth-order valence-electron chi connectivity index (χ4n) is 2.96. The number of fused-ring (bicyclic) bond motifs is 1. The van der Waals surface area contributed by atoms with Crippen molar-refractivity contribution in [3.05, 3.63) is 35.9 Å². The monoisotopic (exact) mass is 346 g/mol. The Morgan fingerprint density at radius 2 is 1.77 bits per heavy atom. The van der Waals surface area contributed by atoms with Crippen molar-refractivity contribution in [2.75, 3.05) is 6.54 Å². The average Bonchev–Trinajstić information content (AvgIpc) is 2.77. The van der Waals surface area contributed by atoms with Gasteiger partial charge in [0.25, 0.3) is 5.91 Å². The Labute approximate surface area is 128 Å². The summed E-state index contributed by atoms with van der Waals surface area (Å²) in [6.45, 7) is 0.0578. The van der Waals surface area contributed by atoms with E-state index in [0.29, 0.717) is 9.87 Å². The SMILES string of the molecule is O=C1[C@@H]2[C@@H](CCN2S(=O)(=O)Cc2ccccc2)N1S(=O)(=O)O. The number of amides is 1. The zero-order chi connectivity index (χ0) is 16.1. The fraction of sp³-hybridized carbons (Fsp3) is 0.417. The standard InChI is InChI=1S/C12H14N2O6S2/c15-12-11-10(14(12)22(18,19)20)6-7-13(11)21(16,17)8-9-4-2-1-3-5-9/h1-5,10-11H,6-8H2,(H,18,19,20)/t10-,11+/m1/s1. The summed E-state index contributed by atoms with van der Waals surface area (Å²) in [5.41, 5.74) is 0.587. The maximum Gasteiger partial charge on any atom is 0.362 e. The molecule has 10 heteroatoms. The van der Waals surface area contributed by atoms with Gasteiger partial charge in [0.2, 0.25) is 10.0 Å². The van der Waals surface area contributed by atoms with Crippen molar-refractivity contribution in [3.63, 3.8) is 0 Å². The summed E-state index contributed by atoms with van der Waals surface area (Å²) in [6.07, 6.45) is 0.185. The molecule has 1 aromatic carbocycles. The smallest absolute Gasteiger partial charge is 0.272 e. The second-order valence-corrected chi connectivity index (χ2v) is 8.48. The van der Waals surface area contributed by atoms with E-state index in [9.17, 15) is 21.6 Å². The summed E-state index contributed by atoms with van der Waals surface area (Å²) in [4.78, 5) is 11.9. The second-order valence-electron chi connectivity index (χ2n) is 5.27. The highest BCUT2D eigenvalue weighted by Gasteiger charge is 2.61. The van der Waals surface area contributed by atoms with E-state index >= 15 is 0 Å². The molecule has 22 heavy (non-hydrogen) atoms. The quantitative estimate of drug-likeness (QED) is 0.587. The van der Waals surface area contributed by atoms with Crippen molar-refractivity contribution < 1.29 is 26.2 Å². The lowest BCUT2D eigenvalue weighted by Gasteiger charge is -2.42. The lowest BCUT2D eigenvalue weighted by atomic mass is 10.0. The Bertz CT molecular complexity index is 805. The van der Waals surface area contributed by atoms with E-state index < -0.39 is 38.3 Å². The third-order valence-electron chi connectivity index (χ3n) is 3.89. The van der Waals surface area contributed by atoms with Gasteiger partial charge < -0.3 is 0 Å². The molecule has 1 amide bonds. The van der Waals surface area contributed by atoms with Gasteiger partial charge in [0.1, 0.15) is 6.04 Å². The number of nitrogens with zero attached hydrogens (tertiary/aromatic N) is 2. The molecule has 2 aliphatic rings. The molecule has 2 saturated heterocycles. The summed E-state index contributed by atoms with van der Waals surface area (Å²) < 4.78 is 57.5. The minimum absolute atomic E-state index is 0.0578. The van der Waals surface area contributed by atoms with Crippen LogP contribution in [0.15, 0.2) is 30.3 Å².